The molecule has 0 N–H and O–H groups in total. The summed E-state index contributed by atoms with van der Waals surface area (Å²) in [7, 11) is 0. The Balaban J connectivity index is 0.899. The molecule has 3 atom stereocenters. The van der Waals surface area contributed by atoms with Crippen LogP contribution in [0.3, 0.4) is 0 Å². The lowest BCUT2D eigenvalue weighted by Crippen LogP contribution is -2.45. The fourth-order valence-corrected chi connectivity index (χ4v) is 11.2. The second-order valence-electron chi connectivity index (χ2n) is 19.0. The molecule has 0 amide bonds. The van der Waals surface area contributed by atoms with Gasteiger partial charge in [0.2, 0.25) is 0 Å². The molecule has 0 spiro atoms. The largest absolute Gasteiger partial charge is 0.335 e. The average Bonchev–Trinajstić information content (AvgIpc) is 3.92. The van der Waals surface area contributed by atoms with Gasteiger partial charge in [-0.25, -0.2) is 0 Å². The molecule has 0 radical (unpaired) electrons. The van der Waals surface area contributed by atoms with Gasteiger partial charge in [-0.1, -0.05) is 116 Å². The van der Waals surface area contributed by atoms with Crippen molar-refractivity contribution in [2.75, 3.05) is 9.80 Å². The van der Waals surface area contributed by atoms with Crippen LogP contribution in [0.4, 0.5) is 22.7 Å². The maximum Gasteiger partial charge on any atom is 0.0991 e. The van der Waals surface area contributed by atoms with Gasteiger partial charge in [-0.15, -0.1) is 0 Å². The summed E-state index contributed by atoms with van der Waals surface area (Å²) < 4.78 is 4.84. The summed E-state index contributed by atoms with van der Waals surface area (Å²) in [6, 6.07) is 63.5. The van der Waals surface area contributed by atoms with Crippen LogP contribution in [0.1, 0.15) is 50.3 Å². The van der Waals surface area contributed by atoms with Crippen LogP contribution < -0.4 is 9.80 Å². The summed E-state index contributed by atoms with van der Waals surface area (Å²) in [5.41, 5.74) is 14.7. The summed E-state index contributed by atoms with van der Waals surface area (Å²) in [6.07, 6.45) is 22.5. The lowest BCUT2D eigenvalue weighted by molar-refractivity contribution is 0.525. The lowest BCUT2D eigenvalue weighted by Gasteiger charge is -2.44. The number of hydrogen-bond donors (Lipinski definition) is 0. The predicted molar refractivity (Wildman–Crippen MR) is 290 cm³/mol. The van der Waals surface area contributed by atoms with E-state index in [0.717, 1.165) is 58.8 Å². The van der Waals surface area contributed by atoms with E-state index in [-0.39, 0.29) is 12.0 Å². The Hall–Kier alpha value is -8.84. The standard InChI is InChI=1S/C64H50N6/c1-44-39-54(30-25-48(44)43-66)70(55-32-34-63-59(41-55)57-18-10-12-20-61(57)69(63)50-15-7-4-8-16-50)64(2)37-35-47(36-38-64)46-23-28-52(29-24-46)67(51-26-21-45(42-65)22-27-51)53-31-33-62-58(40-53)56-17-9-11-19-60(56)68(62)49-13-5-3-6-14-49/h3-13,15-37,40-41,44,49H,14,38-39H2,1-2H3. The van der Waals surface area contributed by atoms with Gasteiger partial charge in [-0.3, -0.25) is 0 Å². The number of rotatable bonds is 9. The average molecular weight is 903 g/mol. The van der Waals surface area contributed by atoms with Crippen LogP contribution in [0, 0.1) is 28.6 Å². The Labute approximate surface area is 408 Å². The Morgan fingerprint density at radius 1 is 0.614 bits per heavy atom. The minimum absolute atomic E-state index is 0.111. The summed E-state index contributed by atoms with van der Waals surface area (Å²) in [4.78, 5) is 4.81. The Kier molecular flexibility index (Phi) is 10.5. The number of anilines is 4. The van der Waals surface area contributed by atoms with Crippen molar-refractivity contribution in [3.05, 3.63) is 241 Å². The molecule has 2 heterocycles. The fourth-order valence-electron chi connectivity index (χ4n) is 11.2. The van der Waals surface area contributed by atoms with Crippen molar-refractivity contribution in [3.8, 4) is 17.8 Å². The van der Waals surface area contributed by atoms with Crippen molar-refractivity contribution in [1.82, 2.24) is 9.13 Å². The number of benzene rings is 7. The van der Waals surface area contributed by atoms with E-state index in [1.54, 1.807) is 0 Å². The minimum Gasteiger partial charge on any atom is -0.335 e. The highest BCUT2D eigenvalue weighted by Gasteiger charge is 2.35. The van der Waals surface area contributed by atoms with Crippen molar-refractivity contribution in [3.63, 3.8) is 0 Å². The molecule has 12 rings (SSSR count). The van der Waals surface area contributed by atoms with E-state index in [4.69, 9.17) is 0 Å². The first-order chi connectivity index (χ1) is 34.4. The molecule has 6 heteroatoms. The topological polar surface area (TPSA) is 63.9 Å². The molecule has 0 bridgehead atoms. The third kappa shape index (κ3) is 7.25. The minimum atomic E-state index is -0.392. The van der Waals surface area contributed by atoms with Crippen molar-refractivity contribution in [1.29, 1.82) is 10.5 Å². The number of aromatic nitrogens is 2. The van der Waals surface area contributed by atoms with Crippen LogP contribution in [0.5, 0.6) is 0 Å². The highest BCUT2D eigenvalue weighted by molar-refractivity contribution is 6.11. The number of allylic oxidation sites excluding steroid dienone is 10. The molecule has 70 heavy (non-hydrogen) atoms. The molecule has 0 saturated heterocycles. The maximum absolute atomic E-state index is 9.95. The molecule has 7 aromatic carbocycles. The monoisotopic (exact) mass is 902 g/mol. The van der Waals surface area contributed by atoms with Crippen molar-refractivity contribution in [2.45, 2.75) is 44.7 Å². The maximum atomic E-state index is 9.95. The van der Waals surface area contributed by atoms with Crippen LogP contribution in [0.25, 0.3) is 54.9 Å². The van der Waals surface area contributed by atoms with E-state index in [0.29, 0.717) is 5.56 Å². The summed E-state index contributed by atoms with van der Waals surface area (Å²) in [6.45, 7) is 4.49. The van der Waals surface area contributed by atoms with Crippen LogP contribution >= 0.6 is 0 Å². The van der Waals surface area contributed by atoms with Crippen molar-refractivity contribution < 1.29 is 0 Å². The van der Waals surface area contributed by atoms with Crippen LogP contribution in [-0.2, 0) is 0 Å². The highest BCUT2D eigenvalue weighted by atomic mass is 15.2. The van der Waals surface area contributed by atoms with E-state index in [1.807, 2.05) is 30.3 Å². The molecule has 0 saturated carbocycles. The van der Waals surface area contributed by atoms with Crippen LogP contribution in [0.2, 0.25) is 0 Å². The number of nitrogens with zero attached hydrogens (tertiary/aromatic N) is 6. The third-order valence-electron chi connectivity index (χ3n) is 14.7. The predicted octanol–water partition coefficient (Wildman–Crippen LogP) is 16.3. The molecular formula is C64H50N6. The summed E-state index contributed by atoms with van der Waals surface area (Å²) >= 11 is 0. The Bertz CT molecular complexity index is 3800. The number of fused-ring (bicyclic) bond motifs is 6. The highest BCUT2D eigenvalue weighted by Crippen LogP contribution is 2.45. The molecule has 2 aromatic heterocycles. The van der Waals surface area contributed by atoms with Crippen molar-refractivity contribution >= 4 is 71.9 Å². The molecule has 3 unspecified atom stereocenters. The molecule has 3 aliphatic rings. The molecule has 336 valence electrons. The first-order valence-corrected chi connectivity index (χ1v) is 24.2. The zero-order valence-electron chi connectivity index (χ0n) is 39.2. The molecule has 6 nitrogen and oxygen atoms in total. The van der Waals surface area contributed by atoms with Gasteiger partial charge >= 0.3 is 0 Å². The molecule has 0 aliphatic heterocycles. The molecule has 3 aliphatic carbocycles. The van der Waals surface area contributed by atoms with Gasteiger partial charge in [0, 0.05) is 72.3 Å². The van der Waals surface area contributed by atoms with E-state index in [9.17, 15) is 10.5 Å². The Morgan fingerprint density at radius 2 is 1.24 bits per heavy atom. The first kappa shape index (κ1) is 42.5. The van der Waals surface area contributed by atoms with E-state index in [2.05, 4.69) is 233 Å². The second-order valence-corrected chi connectivity index (χ2v) is 19.0. The van der Waals surface area contributed by atoms with Gasteiger partial charge in [0.25, 0.3) is 0 Å². The number of nitriles is 2. The van der Waals surface area contributed by atoms with Crippen LogP contribution in [0.15, 0.2) is 230 Å². The zero-order valence-corrected chi connectivity index (χ0v) is 39.2. The molecule has 9 aromatic rings. The normalized spacial score (nSPS) is 18.7. The Morgan fingerprint density at radius 3 is 1.94 bits per heavy atom. The van der Waals surface area contributed by atoms with Gasteiger partial charge < -0.3 is 18.9 Å². The van der Waals surface area contributed by atoms with Gasteiger partial charge in [-0.2, -0.15) is 10.5 Å². The quantitative estimate of drug-likeness (QED) is 0.145. The van der Waals surface area contributed by atoms with Crippen LogP contribution in [-0.4, -0.2) is 14.7 Å². The van der Waals surface area contributed by atoms with Gasteiger partial charge in [-0.05, 0) is 152 Å². The zero-order chi connectivity index (χ0) is 47.3. The first-order valence-electron chi connectivity index (χ1n) is 24.2. The summed E-state index contributed by atoms with van der Waals surface area (Å²) in [5, 5.41) is 24.5. The van der Waals surface area contributed by atoms with Gasteiger partial charge in [0.1, 0.15) is 0 Å². The smallest absolute Gasteiger partial charge is 0.0991 e. The van der Waals surface area contributed by atoms with Gasteiger partial charge in [0.05, 0.1) is 40.3 Å². The summed E-state index contributed by atoms with van der Waals surface area (Å²) in [5.74, 6) is 0.111. The third-order valence-corrected chi connectivity index (χ3v) is 14.7. The number of para-hydroxylation sites is 3. The SMILES string of the molecule is CC1CC(N(c2ccc3c(c2)c2ccccc2n3-c2ccccc2)C2(C)C=CC(c3ccc(N(c4ccc(C#N)cc4)c4ccc5c(c4)c4ccccc4n5C4C=CC=CC4)cc3)=CC2)=CC=C1C#N. The van der Waals surface area contributed by atoms with E-state index < -0.39 is 5.54 Å². The molecular weight excluding hydrogens is 853 g/mol. The fraction of sp³-hybridized carbons (Fsp3) is 0.125. The van der Waals surface area contributed by atoms with E-state index >= 15 is 0 Å². The van der Waals surface area contributed by atoms with Gasteiger partial charge in [0.15, 0.2) is 0 Å². The van der Waals surface area contributed by atoms with Crippen molar-refractivity contribution in [2.24, 2.45) is 5.92 Å². The van der Waals surface area contributed by atoms with E-state index in [1.165, 1.54) is 54.9 Å². The second kappa shape index (κ2) is 17.4. The lowest BCUT2D eigenvalue weighted by atomic mass is 9.83. The number of hydrogen-bond acceptors (Lipinski definition) is 4. The molecule has 0 fully saturated rings.